The fourth-order valence-corrected chi connectivity index (χ4v) is 3.26. The molecule has 1 amide bonds. The normalized spacial score (nSPS) is 16.4. The maximum absolute atomic E-state index is 12.7. The molecule has 1 fully saturated rings. The van der Waals surface area contributed by atoms with Gasteiger partial charge in [-0.1, -0.05) is 26.8 Å². The first kappa shape index (κ1) is 17.8. The Kier molecular flexibility index (Phi) is 6.05. The number of nitrogens with zero attached hydrogens (tertiary/aromatic N) is 1. The van der Waals surface area contributed by atoms with Crippen LogP contribution in [0.3, 0.4) is 0 Å². The fraction of sp³-hybridized carbons (Fsp3) is 0.632. The molecule has 3 N–H and O–H groups in total. The zero-order valence-electron chi connectivity index (χ0n) is 14.8. The number of carbonyl (C=O) groups is 1. The number of piperidine rings is 1. The molecule has 0 saturated carbocycles. The van der Waals surface area contributed by atoms with Crippen LogP contribution in [-0.4, -0.2) is 25.5 Å². The Hall–Kier alpha value is -1.55. The third kappa shape index (κ3) is 4.05. The van der Waals surface area contributed by atoms with Crippen molar-refractivity contribution in [3.05, 3.63) is 24.3 Å². The lowest BCUT2D eigenvalue weighted by atomic mass is 9.81. The van der Waals surface area contributed by atoms with E-state index in [1.807, 2.05) is 26.0 Å². The van der Waals surface area contributed by atoms with E-state index in [0.717, 1.165) is 37.5 Å². The summed E-state index contributed by atoms with van der Waals surface area (Å²) in [6, 6.07) is 8.19. The van der Waals surface area contributed by atoms with E-state index in [1.54, 1.807) is 0 Å². The topological polar surface area (TPSA) is 58.4 Å². The Morgan fingerprint density at radius 1 is 1.30 bits per heavy atom. The van der Waals surface area contributed by atoms with Crippen molar-refractivity contribution in [1.29, 1.82) is 0 Å². The van der Waals surface area contributed by atoms with E-state index in [-0.39, 0.29) is 5.91 Å². The molecule has 0 atom stereocenters. The Labute approximate surface area is 140 Å². The molecule has 0 aromatic heterocycles. The Bertz CT molecular complexity index is 509. The summed E-state index contributed by atoms with van der Waals surface area (Å²) in [5, 5.41) is 3.08. The molecule has 1 aliphatic rings. The minimum Gasteiger partial charge on any atom is -0.371 e. The summed E-state index contributed by atoms with van der Waals surface area (Å²) in [6.07, 6.45) is 3.99. The second kappa shape index (κ2) is 7.82. The first-order valence-corrected chi connectivity index (χ1v) is 8.91. The van der Waals surface area contributed by atoms with Gasteiger partial charge < -0.3 is 16.0 Å². The third-order valence-corrected chi connectivity index (χ3v) is 5.48. The van der Waals surface area contributed by atoms with Crippen LogP contribution in [0.4, 0.5) is 11.4 Å². The molecule has 0 spiro atoms. The van der Waals surface area contributed by atoms with Crippen molar-refractivity contribution in [3.8, 4) is 0 Å². The SMILES string of the molecule is CCC(CC)(CN)C(=O)Nc1cccc(N2CCC(C)CC2)c1. The largest absolute Gasteiger partial charge is 0.371 e. The van der Waals surface area contributed by atoms with Gasteiger partial charge in [0.15, 0.2) is 0 Å². The highest BCUT2D eigenvalue weighted by molar-refractivity contribution is 5.95. The van der Waals surface area contributed by atoms with Crippen molar-refractivity contribution >= 4 is 17.3 Å². The molecule has 1 aromatic rings. The quantitative estimate of drug-likeness (QED) is 0.842. The van der Waals surface area contributed by atoms with Crippen LogP contribution in [-0.2, 0) is 4.79 Å². The van der Waals surface area contributed by atoms with Crippen molar-refractivity contribution in [2.24, 2.45) is 17.1 Å². The molecule has 128 valence electrons. The Morgan fingerprint density at radius 2 is 1.96 bits per heavy atom. The number of benzene rings is 1. The van der Waals surface area contributed by atoms with Gasteiger partial charge in [-0.2, -0.15) is 0 Å². The molecule has 1 heterocycles. The van der Waals surface area contributed by atoms with Crippen molar-refractivity contribution < 1.29 is 4.79 Å². The summed E-state index contributed by atoms with van der Waals surface area (Å²) in [5.74, 6) is 0.850. The first-order chi connectivity index (χ1) is 11.0. The molecule has 1 aromatic carbocycles. The minimum absolute atomic E-state index is 0.0365. The van der Waals surface area contributed by atoms with Crippen LogP contribution in [0.1, 0.15) is 46.5 Å². The Balaban J connectivity index is 2.09. The predicted molar refractivity (Wildman–Crippen MR) is 97.8 cm³/mol. The molecular weight excluding hydrogens is 286 g/mol. The van der Waals surface area contributed by atoms with Gasteiger partial charge in [0.1, 0.15) is 0 Å². The molecule has 2 rings (SSSR count). The number of anilines is 2. The van der Waals surface area contributed by atoms with E-state index in [1.165, 1.54) is 18.5 Å². The summed E-state index contributed by atoms with van der Waals surface area (Å²) < 4.78 is 0. The van der Waals surface area contributed by atoms with Gasteiger partial charge >= 0.3 is 0 Å². The number of nitrogens with one attached hydrogen (secondary N) is 1. The van der Waals surface area contributed by atoms with Gasteiger partial charge in [0, 0.05) is 31.0 Å². The molecule has 0 bridgehead atoms. The summed E-state index contributed by atoms with van der Waals surface area (Å²) in [6.45, 7) is 8.94. The molecule has 0 aliphatic carbocycles. The average Bonchev–Trinajstić information content (AvgIpc) is 2.58. The van der Waals surface area contributed by atoms with E-state index in [4.69, 9.17) is 5.73 Å². The maximum Gasteiger partial charge on any atom is 0.231 e. The Morgan fingerprint density at radius 3 is 2.52 bits per heavy atom. The fourth-order valence-electron chi connectivity index (χ4n) is 3.26. The zero-order valence-corrected chi connectivity index (χ0v) is 14.8. The van der Waals surface area contributed by atoms with Crippen molar-refractivity contribution in [2.45, 2.75) is 46.5 Å². The number of amides is 1. The van der Waals surface area contributed by atoms with Crippen LogP contribution in [0, 0.1) is 11.3 Å². The molecule has 0 radical (unpaired) electrons. The van der Waals surface area contributed by atoms with E-state index in [9.17, 15) is 4.79 Å². The number of rotatable bonds is 6. The van der Waals surface area contributed by atoms with E-state index >= 15 is 0 Å². The molecule has 1 saturated heterocycles. The smallest absolute Gasteiger partial charge is 0.231 e. The highest BCUT2D eigenvalue weighted by Gasteiger charge is 2.33. The zero-order chi connectivity index (χ0) is 16.9. The summed E-state index contributed by atoms with van der Waals surface area (Å²) in [5.41, 5.74) is 7.47. The predicted octanol–water partition coefficient (Wildman–Crippen LogP) is 3.63. The molecule has 0 unspecified atom stereocenters. The summed E-state index contributed by atoms with van der Waals surface area (Å²) in [7, 11) is 0. The lowest BCUT2D eigenvalue weighted by Crippen LogP contribution is -2.41. The standard InChI is InChI=1S/C19H31N3O/c1-4-19(5-2,14-20)18(23)21-16-7-6-8-17(13-16)22-11-9-15(3)10-12-22/h6-8,13,15H,4-5,9-12,14,20H2,1-3H3,(H,21,23). The average molecular weight is 317 g/mol. The monoisotopic (exact) mass is 317 g/mol. The molecular formula is C19H31N3O. The van der Waals surface area contributed by atoms with Gasteiger partial charge in [0.25, 0.3) is 0 Å². The summed E-state index contributed by atoms with van der Waals surface area (Å²) in [4.78, 5) is 15.1. The van der Waals surface area contributed by atoms with Crippen LogP contribution >= 0.6 is 0 Å². The van der Waals surface area contributed by atoms with Gasteiger partial charge in [-0.05, 0) is 49.8 Å². The molecule has 23 heavy (non-hydrogen) atoms. The number of nitrogens with two attached hydrogens (primary N) is 1. The molecule has 4 nitrogen and oxygen atoms in total. The van der Waals surface area contributed by atoms with Crippen LogP contribution in [0.15, 0.2) is 24.3 Å². The highest BCUT2D eigenvalue weighted by atomic mass is 16.2. The van der Waals surface area contributed by atoms with Gasteiger partial charge in [-0.15, -0.1) is 0 Å². The van der Waals surface area contributed by atoms with Crippen molar-refractivity contribution in [2.75, 3.05) is 29.9 Å². The van der Waals surface area contributed by atoms with Crippen LogP contribution < -0.4 is 16.0 Å². The maximum atomic E-state index is 12.7. The van der Waals surface area contributed by atoms with E-state index in [2.05, 4.69) is 29.3 Å². The van der Waals surface area contributed by atoms with Gasteiger partial charge in [0.2, 0.25) is 5.91 Å². The van der Waals surface area contributed by atoms with Crippen molar-refractivity contribution in [3.63, 3.8) is 0 Å². The van der Waals surface area contributed by atoms with Gasteiger partial charge in [-0.25, -0.2) is 0 Å². The summed E-state index contributed by atoms with van der Waals surface area (Å²) >= 11 is 0. The lowest BCUT2D eigenvalue weighted by Gasteiger charge is -2.32. The lowest BCUT2D eigenvalue weighted by molar-refractivity contribution is -0.125. The molecule has 4 heteroatoms. The second-order valence-corrected chi connectivity index (χ2v) is 6.87. The number of hydrogen-bond acceptors (Lipinski definition) is 3. The van der Waals surface area contributed by atoms with Gasteiger partial charge in [-0.3, -0.25) is 4.79 Å². The van der Waals surface area contributed by atoms with Gasteiger partial charge in [0.05, 0.1) is 5.41 Å². The van der Waals surface area contributed by atoms with Crippen molar-refractivity contribution in [1.82, 2.24) is 0 Å². The van der Waals surface area contributed by atoms with Crippen LogP contribution in [0.5, 0.6) is 0 Å². The van der Waals surface area contributed by atoms with E-state index < -0.39 is 5.41 Å². The third-order valence-electron chi connectivity index (χ3n) is 5.48. The first-order valence-electron chi connectivity index (χ1n) is 8.91. The minimum atomic E-state index is -0.462. The van der Waals surface area contributed by atoms with E-state index in [0.29, 0.717) is 6.54 Å². The number of hydrogen-bond donors (Lipinski definition) is 2. The van der Waals surface area contributed by atoms with Crippen LogP contribution in [0.2, 0.25) is 0 Å². The molecule has 1 aliphatic heterocycles. The second-order valence-electron chi connectivity index (χ2n) is 6.87. The number of carbonyl (C=O) groups excluding carboxylic acids is 1. The highest BCUT2D eigenvalue weighted by Crippen LogP contribution is 2.29. The van der Waals surface area contributed by atoms with Crippen LogP contribution in [0.25, 0.3) is 0 Å².